The van der Waals surface area contributed by atoms with Crippen LogP contribution in [0.2, 0.25) is 0 Å². The Morgan fingerprint density at radius 1 is 1.38 bits per heavy atom. The number of hydrogen-bond donors (Lipinski definition) is 0. The van der Waals surface area contributed by atoms with Crippen molar-refractivity contribution >= 4 is 17.5 Å². The second-order valence-electron chi connectivity index (χ2n) is 3.19. The van der Waals surface area contributed by atoms with E-state index in [0.717, 1.165) is 12.1 Å². The van der Waals surface area contributed by atoms with Crippen LogP contribution in [0.1, 0.15) is 12.5 Å². The number of hydrogen-bond acceptors (Lipinski definition) is 2. The van der Waals surface area contributed by atoms with Gasteiger partial charge in [0.2, 0.25) is 0 Å². The molecule has 16 heavy (non-hydrogen) atoms. The van der Waals surface area contributed by atoms with Crippen LogP contribution >= 0.6 is 11.8 Å². The molecule has 1 nitrogen and oxygen atoms in total. The van der Waals surface area contributed by atoms with Gasteiger partial charge >= 0.3 is 5.51 Å². The van der Waals surface area contributed by atoms with E-state index in [2.05, 4.69) is 0 Å². The lowest BCUT2D eigenvalue weighted by Gasteiger charge is -2.08. The summed E-state index contributed by atoms with van der Waals surface area (Å²) in [6, 6.07) is 3.29. The number of carbonyl (C=O) groups excluding carboxylic acids is 1. The van der Waals surface area contributed by atoms with Crippen molar-refractivity contribution in [1.82, 2.24) is 0 Å². The molecule has 0 saturated heterocycles. The maximum absolute atomic E-state index is 13.0. The predicted octanol–water partition coefficient (Wildman–Crippen LogP) is 3.57. The normalized spacial score (nSPS) is 11.6. The first-order chi connectivity index (χ1) is 7.28. The van der Waals surface area contributed by atoms with Crippen LogP contribution in [-0.4, -0.2) is 11.3 Å². The summed E-state index contributed by atoms with van der Waals surface area (Å²) in [6.07, 6.45) is 0.00565. The van der Waals surface area contributed by atoms with Gasteiger partial charge < -0.3 is 0 Å². The highest BCUT2D eigenvalue weighted by Crippen LogP contribution is 2.38. The van der Waals surface area contributed by atoms with Gasteiger partial charge in [0.05, 0.1) is 4.90 Å². The van der Waals surface area contributed by atoms with Gasteiger partial charge in [-0.05, 0) is 36.4 Å². The molecule has 0 fully saturated rings. The van der Waals surface area contributed by atoms with Crippen LogP contribution in [0.15, 0.2) is 23.1 Å². The monoisotopic (exact) mass is 252 g/mol. The quantitative estimate of drug-likeness (QED) is 0.604. The molecule has 0 aliphatic heterocycles. The second kappa shape index (κ2) is 4.86. The van der Waals surface area contributed by atoms with E-state index in [1.54, 1.807) is 0 Å². The lowest BCUT2D eigenvalue weighted by molar-refractivity contribution is -0.116. The second-order valence-corrected chi connectivity index (χ2v) is 4.30. The molecule has 0 atom stereocenters. The molecule has 6 heteroatoms. The summed E-state index contributed by atoms with van der Waals surface area (Å²) in [5, 5.41) is 0. The summed E-state index contributed by atoms with van der Waals surface area (Å²) in [4.78, 5) is 10.3. The molecule has 0 saturated carbocycles. The fourth-order valence-corrected chi connectivity index (χ4v) is 1.77. The van der Waals surface area contributed by atoms with Crippen molar-refractivity contribution in [2.24, 2.45) is 0 Å². The third kappa shape index (κ3) is 4.22. The van der Waals surface area contributed by atoms with Gasteiger partial charge in [-0.1, -0.05) is 6.07 Å². The maximum atomic E-state index is 13.0. The summed E-state index contributed by atoms with van der Waals surface area (Å²) in [5.41, 5.74) is -4.16. The van der Waals surface area contributed by atoms with E-state index < -0.39 is 28.0 Å². The fraction of sp³-hybridized carbons (Fsp3) is 0.300. The van der Waals surface area contributed by atoms with E-state index in [9.17, 15) is 22.4 Å². The minimum Gasteiger partial charge on any atom is -0.300 e. The third-order valence-corrected chi connectivity index (χ3v) is 2.44. The van der Waals surface area contributed by atoms with Crippen molar-refractivity contribution in [2.45, 2.75) is 23.7 Å². The number of Topliss-reactive ketones (excluding diaryl/α,β-unsaturated/α-hetero) is 1. The standard InChI is InChI=1S/C10H8F4OS/c1-6(15)4-7-2-3-8(11)9(5-7)16-10(12,13)14/h2-3,5H,4H2,1H3. The highest BCUT2D eigenvalue weighted by molar-refractivity contribution is 8.00. The van der Waals surface area contributed by atoms with Gasteiger partial charge in [0, 0.05) is 6.42 Å². The van der Waals surface area contributed by atoms with Gasteiger partial charge in [0.25, 0.3) is 0 Å². The molecule has 0 spiro atoms. The maximum Gasteiger partial charge on any atom is 0.446 e. The van der Waals surface area contributed by atoms with Crippen molar-refractivity contribution in [3.63, 3.8) is 0 Å². The molecule has 1 aromatic rings. The van der Waals surface area contributed by atoms with E-state index in [1.165, 1.54) is 13.0 Å². The zero-order chi connectivity index (χ0) is 12.3. The molecule has 1 rings (SSSR count). The Morgan fingerprint density at radius 2 is 2.00 bits per heavy atom. The number of rotatable bonds is 3. The summed E-state index contributed by atoms with van der Waals surface area (Å²) in [7, 11) is 0. The van der Waals surface area contributed by atoms with Gasteiger partial charge in [-0.15, -0.1) is 0 Å². The molecular formula is C10H8F4OS. The van der Waals surface area contributed by atoms with E-state index in [1.807, 2.05) is 0 Å². The van der Waals surface area contributed by atoms with Crippen LogP contribution in [0.25, 0.3) is 0 Å². The molecule has 0 aliphatic rings. The predicted molar refractivity (Wildman–Crippen MR) is 52.7 cm³/mol. The van der Waals surface area contributed by atoms with E-state index in [4.69, 9.17) is 0 Å². The molecule has 0 unspecified atom stereocenters. The number of ketones is 1. The number of halogens is 4. The summed E-state index contributed by atoms with van der Waals surface area (Å²) < 4.78 is 49.2. The fourth-order valence-electron chi connectivity index (χ4n) is 1.15. The Morgan fingerprint density at radius 3 is 2.50 bits per heavy atom. The highest BCUT2D eigenvalue weighted by Gasteiger charge is 2.30. The molecule has 0 radical (unpaired) electrons. The van der Waals surface area contributed by atoms with Gasteiger partial charge in [0.1, 0.15) is 11.6 Å². The molecule has 0 aliphatic carbocycles. The smallest absolute Gasteiger partial charge is 0.300 e. The zero-order valence-corrected chi connectivity index (χ0v) is 9.08. The molecule has 0 bridgehead atoms. The first-order valence-electron chi connectivity index (χ1n) is 4.31. The molecule has 1 aromatic carbocycles. The van der Waals surface area contributed by atoms with Crippen molar-refractivity contribution in [2.75, 3.05) is 0 Å². The SMILES string of the molecule is CC(=O)Cc1ccc(F)c(SC(F)(F)F)c1. The Balaban J connectivity index is 2.95. The summed E-state index contributed by atoms with van der Waals surface area (Å²) >= 11 is -0.518. The molecule has 0 amide bonds. The number of carbonyl (C=O) groups is 1. The van der Waals surface area contributed by atoms with Crippen LogP contribution in [0, 0.1) is 5.82 Å². The molecule has 88 valence electrons. The van der Waals surface area contributed by atoms with E-state index in [-0.39, 0.29) is 12.2 Å². The minimum absolute atomic E-state index is 0.00565. The Labute approximate surface area is 93.8 Å². The van der Waals surface area contributed by atoms with Gasteiger partial charge in [0.15, 0.2) is 0 Å². The topological polar surface area (TPSA) is 17.1 Å². The van der Waals surface area contributed by atoms with Crippen molar-refractivity contribution < 1.29 is 22.4 Å². The molecule has 0 aromatic heterocycles. The Kier molecular flexibility index (Phi) is 3.96. The van der Waals surface area contributed by atoms with Crippen molar-refractivity contribution in [3.8, 4) is 0 Å². The van der Waals surface area contributed by atoms with Crippen molar-refractivity contribution in [1.29, 1.82) is 0 Å². The van der Waals surface area contributed by atoms with Gasteiger partial charge in [-0.3, -0.25) is 4.79 Å². The molecule has 0 N–H and O–H groups in total. The number of thioether (sulfide) groups is 1. The lowest BCUT2D eigenvalue weighted by Crippen LogP contribution is -2.02. The van der Waals surface area contributed by atoms with Gasteiger partial charge in [-0.25, -0.2) is 4.39 Å². The average molecular weight is 252 g/mol. The van der Waals surface area contributed by atoms with Crippen LogP contribution in [0.4, 0.5) is 17.6 Å². The van der Waals surface area contributed by atoms with Crippen LogP contribution in [0.3, 0.4) is 0 Å². The van der Waals surface area contributed by atoms with E-state index in [0.29, 0.717) is 5.56 Å². The number of alkyl halides is 3. The van der Waals surface area contributed by atoms with E-state index >= 15 is 0 Å². The first kappa shape index (κ1) is 13.0. The van der Waals surface area contributed by atoms with Crippen molar-refractivity contribution in [3.05, 3.63) is 29.6 Å². The van der Waals surface area contributed by atoms with Crippen LogP contribution < -0.4 is 0 Å². The summed E-state index contributed by atoms with van der Waals surface area (Å²) in [6.45, 7) is 1.32. The minimum atomic E-state index is -4.53. The highest BCUT2D eigenvalue weighted by atomic mass is 32.2. The number of benzene rings is 1. The molecular weight excluding hydrogens is 244 g/mol. The Bertz CT molecular complexity index is 400. The first-order valence-corrected chi connectivity index (χ1v) is 5.13. The lowest BCUT2D eigenvalue weighted by atomic mass is 10.1. The third-order valence-electron chi connectivity index (χ3n) is 1.67. The van der Waals surface area contributed by atoms with Gasteiger partial charge in [-0.2, -0.15) is 13.2 Å². The van der Waals surface area contributed by atoms with Crippen LogP contribution in [-0.2, 0) is 11.2 Å². The Hall–Kier alpha value is -1.04. The summed E-state index contributed by atoms with van der Waals surface area (Å²) in [5.74, 6) is -1.12. The molecule has 0 heterocycles. The van der Waals surface area contributed by atoms with Crippen LogP contribution in [0.5, 0.6) is 0 Å². The average Bonchev–Trinajstić information content (AvgIpc) is 2.07. The zero-order valence-electron chi connectivity index (χ0n) is 8.27. The largest absolute Gasteiger partial charge is 0.446 e.